The molecule has 0 aliphatic carbocycles. The van der Waals surface area contributed by atoms with E-state index in [0.29, 0.717) is 0 Å². The minimum Gasteiger partial charge on any atom is -0.490 e. The van der Waals surface area contributed by atoms with Gasteiger partial charge in [-0.25, -0.2) is 4.79 Å². The van der Waals surface area contributed by atoms with Crippen LogP contribution in [0.4, 0.5) is 0 Å². The Hall–Kier alpha value is -0.990. The molecule has 0 fully saturated rings. The van der Waals surface area contributed by atoms with Crippen molar-refractivity contribution in [3.8, 4) is 0 Å². The van der Waals surface area contributed by atoms with Gasteiger partial charge in [0.1, 0.15) is 0 Å². The second-order valence-corrected chi connectivity index (χ2v) is 3.88. The van der Waals surface area contributed by atoms with E-state index in [4.69, 9.17) is 9.84 Å². The maximum Gasteiger partial charge on any atom is 0.370 e. The predicted octanol–water partition coefficient (Wildman–Crippen LogP) is 3.21. The lowest BCUT2D eigenvalue weighted by Crippen LogP contribution is -2.02. The average molecular weight is 214 g/mol. The summed E-state index contributed by atoms with van der Waals surface area (Å²) in [5.74, 6) is -0.159. The number of aliphatic carboxylic acids is 1. The van der Waals surface area contributed by atoms with Crippen molar-refractivity contribution < 1.29 is 14.6 Å². The molecule has 3 heteroatoms. The first-order chi connectivity index (χ1) is 7.11. The predicted molar refractivity (Wildman–Crippen MR) is 60.7 cm³/mol. The lowest BCUT2D eigenvalue weighted by molar-refractivity contribution is -0.136. The Kier molecular flexibility index (Phi) is 7.78. The Morgan fingerprint density at radius 1 is 1.47 bits per heavy atom. The summed E-state index contributed by atoms with van der Waals surface area (Å²) < 4.78 is 4.72. The molecule has 1 unspecified atom stereocenters. The standard InChI is InChI=1S/C12H22O3/c1-4-10(2)8-6-5-7-9-11(15-3)12(13)14/h9-10H,4-8H2,1-3H3,(H,13,14). The number of rotatable bonds is 8. The normalized spacial score (nSPS) is 13.7. The van der Waals surface area contributed by atoms with Crippen molar-refractivity contribution in [1.29, 1.82) is 0 Å². The van der Waals surface area contributed by atoms with Gasteiger partial charge >= 0.3 is 5.97 Å². The number of unbranched alkanes of at least 4 members (excludes halogenated alkanes) is 2. The van der Waals surface area contributed by atoms with Crippen LogP contribution in [-0.2, 0) is 9.53 Å². The summed E-state index contributed by atoms with van der Waals surface area (Å²) in [4.78, 5) is 10.6. The third kappa shape index (κ3) is 7.00. The molecule has 0 aromatic rings. The molecule has 0 heterocycles. The molecule has 0 aromatic heterocycles. The first kappa shape index (κ1) is 14.0. The van der Waals surface area contributed by atoms with E-state index in [0.717, 1.165) is 25.2 Å². The highest BCUT2D eigenvalue weighted by molar-refractivity contribution is 5.84. The maximum atomic E-state index is 10.6. The van der Waals surface area contributed by atoms with Crippen molar-refractivity contribution in [3.05, 3.63) is 11.8 Å². The van der Waals surface area contributed by atoms with Crippen molar-refractivity contribution in [1.82, 2.24) is 0 Å². The van der Waals surface area contributed by atoms with Crippen LogP contribution in [-0.4, -0.2) is 18.2 Å². The third-order valence-electron chi connectivity index (χ3n) is 2.61. The topological polar surface area (TPSA) is 46.5 Å². The van der Waals surface area contributed by atoms with Gasteiger partial charge in [0.15, 0.2) is 5.76 Å². The molecule has 0 spiro atoms. The summed E-state index contributed by atoms with van der Waals surface area (Å²) in [6, 6.07) is 0. The van der Waals surface area contributed by atoms with Crippen molar-refractivity contribution in [2.24, 2.45) is 5.92 Å². The summed E-state index contributed by atoms with van der Waals surface area (Å²) in [5.41, 5.74) is 0. The van der Waals surface area contributed by atoms with Crippen LogP contribution in [0.25, 0.3) is 0 Å². The minimum atomic E-state index is -0.987. The van der Waals surface area contributed by atoms with Crippen LogP contribution < -0.4 is 0 Å². The summed E-state index contributed by atoms with van der Waals surface area (Å²) in [7, 11) is 1.39. The Labute approximate surface area is 92.1 Å². The number of carboxylic acid groups (broad SMARTS) is 1. The SMILES string of the molecule is CCC(C)CCCCC=C(OC)C(=O)O. The minimum absolute atomic E-state index is 0.0542. The molecule has 0 aromatic carbocycles. The number of carbonyl (C=O) groups is 1. The van der Waals surface area contributed by atoms with Gasteiger partial charge in [-0.3, -0.25) is 0 Å². The van der Waals surface area contributed by atoms with Crippen LogP contribution >= 0.6 is 0 Å². The highest BCUT2D eigenvalue weighted by Gasteiger charge is 2.05. The van der Waals surface area contributed by atoms with E-state index in [2.05, 4.69) is 13.8 Å². The van der Waals surface area contributed by atoms with E-state index in [1.54, 1.807) is 6.08 Å². The van der Waals surface area contributed by atoms with Gasteiger partial charge in [-0.15, -0.1) is 0 Å². The highest BCUT2D eigenvalue weighted by Crippen LogP contribution is 2.13. The van der Waals surface area contributed by atoms with Crippen LogP contribution in [0.3, 0.4) is 0 Å². The smallest absolute Gasteiger partial charge is 0.370 e. The van der Waals surface area contributed by atoms with Crippen LogP contribution in [0, 0.1) is 5.92 Å². The number of hydrogen-bond donors (Lipinski definition) is 1. The van der Waals surface area contributed by atoms with Crippen LogP contribution in [0.2, 0.25) is 0 Å². The average Bonchev–Trinajstić information content (AvgIpc) is 2.22. The third-order valence-corrected chi connectivity index (χ3v) is 2.61. The summed E-state index contributed by atoms with van der Waals surface area (Å²) in [5, 5.41) is 8.66. The zero-order chi connectivity index (χ0) is 11.7. The lowest BCUT2D eigenvalue weighted by atomic mass is 10.0. The largest absolute Gasteiger partial charge is 0.490 e. The number of allylic oxidation sites excluding steroid dienone is 1. The van der Waals surface area contributed by atoms with E-state index in [9.17, 15) is 4.79 Å². The molecule has 0 bridgehead atoms. The Morgan fingerprint density at radius 3 is 2.60 bits per heavy atom. The second-order valence-electron chi connectivity index (χ2n) is 3.88. The van der Waals surface area contributed by atoms with Gasteiger partial charge in [0.25, 0.3) is 0 Å². The quantitative estimate of drug-likeness (QED) is 0.383. The van der Waals surface area contributed by atoms with E-state index in [1.807, 2.05) is 0 Å². The highest BCUT2D eigenvalue weighted by atomic mass is 16.5. The fraction of sp³-hybridized carbons (Fsp3) is 0.750. The van der Waals surface area contributed by atoms with E-state index in [-0.39, 0.29) is 5.76 Å². The summed E-state index contributed by atoms with van der Waals surface area (Å²) in [6.45, 7) is 4.44. The number of ether oxygens (including phenoxy) is 1. The van der Waals surface area contributed by atoms with Gasteiger partial charge in [-0.2, -0.15) is 0 Å². The van der Waals surface area contributed by atoms with Gasteiger partial charge in [0.05, 0.1) is 7.11 Å². The van der Waals surface area contributed by atoms with Crippen LogP contribution in [0.5, 0.6) is 0 Å². The van der Waals surface area contributed by atoms with Crippen LogP contribution in [0.15, 0.2) is 11.8 Å². The van der Waals surface area contributed by atoms with Crippen molar-refractivity contribution in [3.63, 3.8) is 0 Å². The van der Waals surface area contributed by atoms with Gasteiger partial charge in [0, 0.05) is 0 Å². The molecular weight excluding hydrogens is 192 g/mol. The van der Waals surface area contributed by atoms with Crippen molar-refractivity contribution in [2.75, 3.05) is 7.11 Å². The molecule has 15 heavy (non-hydrogen) atoms. The molecule has 88 valence electrons. The first-order valence-corrected chi connectivity index (χ1v) is 5.59. The van der Waals surface area contributed by atoms with Gasteiger partial charge in [0.2, 0.25) is 0 Å². The molecule has 0 rings (SSSR count). The van der Waals surface area contributed by atoms with E-state index >= 15 is 0 Å². The molecule has 0 radical (unpaired) electrons. The van der Waals surface area contributed by atoms with Crippen molar-refractivity contribution >= 4 is 5.97 Å². The van der Waals surface area contributed by atoms with Crippen molar-refractivity contribution in [2.45, 2.75) is 46.0 Å². The van der Waals surface area contributed by atoms with Gasteiger partial charge in [-0.1, -0.05) is 33.1 Å². The molecule has 0 saturated carbocycles. The molecular formula is C12H22O3. The Bertz CT molecular complexity index is 209. The Morgan fingerprint density at radius 2 is 2.13 bits per heavy atom. The number of carboxylic acids is 1. The van der Waals surface area contributed by atoms with E-state index < -0.39 is 5.97 Å². The van der Waals surface area contributed by atoms with Gasteiger partial charge < -0.3 is 9.84 Å². The molecule has 0 aliphatic heterocycles. The molecule has 3 nitrogen and oxygen atoms in total. The second kappa shape index (κ2) is 8.33. The zero-order valence-electron chi connectivity index (χ0n) is 9.95. The fourth-order valence-electron chi connectivity index (χ4n) is 1.33. The number of methoxy groups -OCH3 is 1. The molecule has 0 amide bonds. The fourth-order valence-corrected chi connectivity index (χ4v) is 1.33. The first-order valence-electron chi connectivity index (χ1n) is 5.59. The molecule has 1 N–H and O–H groups in total. The maximum absolute atomic E-state index is 10.6. The molecule has 0 aliphatic rings. The molecule has 1 atom stereocenters. The van der Waals surface area contributed by atoms with E-state index in [1.165, 1.54) is 20.0 Å². The monoisotopic (exact) mass is 214 g/mol. The number of hydrogen-bond acceptors (Lipinski definition) is 2. The van der Waals surface area contributed by atoms with Crippen LogP contribution in [0.1, 0.15) is 46.0 Å². The van der Waals surface area contributed by atoms with Gasteiger partial charge in [-0.05, 0) is 24.8 Å². The Balaban J connectivity index is 3.64. The lowest BCUT2D eigenvalue weighted by Gasteiger charge is -2.06. The molecule has 0 saturated heterocycles. The zero-order valence-corrected chi connectivity index (χ0v) is 9.95. The summed E-state index contributed by atoms with van der Waals surface area (Å²) in [6.07, 6.45) is 7.06. The summed E-state index contributed by atoms with van der Waals surface area (Å²) >= 11 is 0.